The van der Waals surface area contributed by atoms with Crippen molar-refractivity contribution in [2.24, 2.45) is 0 Å². The Hall–Kier alpha value is -3.94. The first-order valence-corrected chi connectivity index (χ1v) is 8.49. The summed E-state index contributed by atoms with van der Waals surface area (Å²) >= 11 is 0. The first kappa shape index (κ1) is 17.5. The highest BCUT2D eigenvalue weighted by Crippen LogP contribution is 2.44. The van der Waals surface area contributed by atoms with Crippen molar-refractivity contribution in [1.29, 1.82) is 0 Å². The first-order chi connectivity index (χ1) is 13.5. The summed E-state index contributed by atoms with van der Waals surface area (Å²) in [5.74, 6) is -1.74. The van der Waals surface area contributed by atoms with Crippen molar-refractivity contribution in [1.82, 2.24) is 9.97 Å². The molecule has 8 nitrogen and oxygen atoms in total. The van der Waals surface area contributed by atoms with Crippen LogP contribution in [0.1, 0.15) is 27.4 Å². The number of carbonyl (C=O) groups excluding carboxylic acids is 1. The Kier molecular flexibility index (Phi) is 4.36. The van der Waals surface area contributed by atoms with Crippen LogP contribution in [0.4, 0.5) is 10.6 Å². The number of carboxylic acid groups (broad SMARTS) is 1. The van der Waals surface area contributed by atoms with Gasteiger partial charge in [0.2, 0.25) is 0 Å². The Bertz CT molecular complexity index is 1090. The maximum atomic E-state index is 12.2. The number of aromatic carboxylic acids is 1. The van der Waals surface area contributed by atoms with E-state index in [1.165, 1.54) is 0 Å². The SMILES string of the molecule is O=C(Nc1[nH]c(=O)ncc1C(=O)O)OCC1c2ccccc2-c2ccccc21. The van der Waals surface area contributed by atoms with Crippen LogP contribution >= 0.6 is 0 Å². The fourth-order valence-corrected chi connectivity index (χ4v) is 3.39. The van der Waals surface area contributed by atoms with Crippen LogP contribution in [0.5, 0.6) is 0 Å². The third-order valence-corrected chi connectivity index (χ3v) is 4.61. The third-order valence-electron chi connectivity index (χ3n) is 4.61. The van der Waals surface area contributed by atoms with Gasteiger partial charge in [-0.1, -0.05) is 48.5 Å². The Labute approximate surface area is 158 Å². The molecule has 0 aliphatic heterocycles. The number of hydrogen-bond donors (Lipinski definition) is 3. The van der Waals surface area contributed by atoms with E-state index in [1.807, 2.05) is 48.5 Å². The molecule has 0 atom stereocenters. The van der Waals surface area contributed by atoms with Crippen molar-refractivity contribution in [3.63, 3.8) is 0 Å². The van der Waals surface area contributed by atoms with Crippen molar-refractivity contribution in [2.45, 2.75) is 5.92 Å². The molecule has 0 bridgehead atoms. The molecule has 1 aromatic heterocycles. The van der Waals surface area contributed by atoms with Gasteiger partial charge in [0, 0.05) is 5.92 Å². The molecule has 0 saturated heterocycles. The quantitative estimate of drug-likeness (QED) is 0.643. The molecule has 0 spiro atoms. The van der Waals surface area contributed by atoms with Crippen LogP contribution in [0.25, 0.3) is 11.1 Å². The number of nitrogens with one attached hydrogen (secondary N) is 2. The van der Waals surface area contributed by atoms with Crippen LogP contribution in [0.15, 0.2) is 59.5 Å². The predicted octanol–water partition coefficient (Wildman–Crippen LogP) is 2.83. The van der Waals surface area contributed by atoms with E-state index in [-0.39, 0.29) is 23.9 Å². The normalized spacial score (nSPS) is 12.1. The zero-order valence-electron chi connectivity index (χ0n) is 14.5. The van der Waals surface area contributed by atoms with Crippen LogP contribution in [-0.2, 0) is 4.74 Å². The Morgan fingerprint density at radius 1 is 1.07 bits per heavy atom. The summed E-state index contributed by atoms with van der Waals surface area (Å²) in [5.41, 5.74) is 3.18. The molecule has 0 fully saturated rings. The molecule has 2 aromatic carbocycles. The van der Waals surface area contributed by atoms with Crippen LogP contribution in [0.2, 0.25) is 0 Å². The second-order valence-corrected chi connectivity index (χ2v) is 6.23. The topological polar surface area (TPSA) is 121 Å². The van der Waals surface area contributed by atoms with Gasteiger partial charge in [-0.25, -0.2) is 19.4 Å². The van der Waals surface area contributed by atoms with Crippen LogP contribution in [0, 0.1) is 0 Å². The Morgan fingerprint density at radius 2 is 1.68 bits per heavy atom. The van der Waals surface area contributed by atoms with Crippen molar-refractivity contribution in [3.8, 4) is 11.1 Å². The maximum absolute atomic E-state index is 12.2. The van der Waals surface area contributed by atoms with Crippen molar-refractivity contribution >= 4 is 17.9 Å². The standard InChI is InChI=1S/C20H15N3O5/c24-18(25)15-9-21-19(26)22-17(15)23-20(27)28-10-16-13-7-3-1-5-11(13)12-6-2-4-8-14(12)16/h1-9,16H,10H2,(H,24,25)(H2,21,22,23,26,27). The van der Waals surface area contributed by atoms with Crippen molar-refractivity contribution in [3.05, 3.63) is 81.9 Å². The van der Waals surface area contributed by atoms with Gasteiger partial charge in [0.25, 0.3) is 0 Å². The largest absolute Gasteiger partial charge is 0.478 e. The zero-order chi connectivity index (χ0) is 19.7. The Balaban J connectivity index is 1.53. The minimum atomic E-state index is -1.34. The summed E-state index contributed by atoms with van der Waals surface area (Å²) < 4.78 is 5.33. The third kappa shape index (κ3) is 3.11. The fourth-order valence-electron chi connectivity index (χ4n) is 3.39. The number of H-pyrrole nitrogens is 1. The molecule has 28 heavy (non-hydrogen) atoms. The molecule has 1 aliphatic rings. The van der Waals surface area contributed by atoms with Gasteiger partial charge >= 0.3 is 17.8 Å². The molecule has 0 radical (unpaired) electrons. The number of ether oxygens (including phenoxy) is 1. The number of aromatic amines is 1. The lowest BCUT2D eigenvalue weighted by atomic mass is 9.98. The average molecular weight is 377 g/mol. The van der Waals surface area contributed by atoms with Gasteiger partial charge in [-0.2, -0.15) is 0 Å². The summed E-state index contributed by atoms with van der Waals surface area (Å²) in [6.07, 6.45) is 0.00599. The van der Waals surface area contributed by atoms with Gasteiger partial charge in [0.15, 0.2) is 0 Å². The zero-order valence-corrected chi connectivity index (χ0v) is 14.5. The minimum Gasteiger partial charge on any atom is -0.478 e. The van der Waals surface area contributed by atoms with Gasteiger partial charge < -0.3 is 9.84 Å². The number of amides is 1. The number of benzene rings is 2. The van der Waals surface area contributed by atoms with Gasteiger partial charge in [0.05, 0.1) is 6.20 Å². The molecular weight excluding hydrogens is 362 g/mol. The molecule has 1 aliphatic carbocycles. The number of hydrogen-bond acceptors (Lipinski definition) is 5. The van der Waals surface area contributed by atoms with Crippen LogP contribution < -0.4 is 11.0 Å². The Morgan fingerprint density at radius 3 is 2.29 bits per heavy atom. The number of aromatic nitrogens is 2. The number of carbonyl (C=O) groups is 2. The predicted molar refractivity (Wildman–Crippen MR) is 101 cm³/mol. The molecule has 0 saturated carbocycles. The summed E-state index contributed by atoms with van der Waals surface area (Å²) in [6, 6.07) is 15.8. The van der Waals surface area contributed by atoms with E-state index in [0.717, 1.165) is 28.5 Å². The van der Waals surface area contributed by atoms with Gasteiger partial charge in [0.1, 0.15) is 18.0 Å². The molecular formula is C20H15N3O5. The van der Waals surface area contributed by atoms with E-state index in [1.54, 1.807) is 0 Å². The molecule has 3 aromatic rings. The number of nitrogens with zero attached hydrogens (tertiary/aromatic N) is 1. The first-order valence-electron chi connectivity index (χ1n) is 8.49. The number of carboxylic acids is 1. The molecule has 1 heterocycles. The molecule has 0 unspecified atom stereocenters. The fraction of sp³-hybridized carbons (Fsp3) is 0.100. The van der Waals surface area contributed by atoms with E-state index in [4.69, 9.17) is 9.84 Å². The van der Waals surface area contributed by atoms with Crippen LogP contribution in [0.3, 0.4) is 0 Å². The van der Waals surface area contributed by atoms with E-state index < -0.39 is 17.8 Å². The van der Waals surface area contributed by atoms with E-state index in [0.29, 0.717) is 0 Å². The van der Waals surface area contributed by atoms with Gasteiger partial charge in [-0.05, 0) is 22.3 Å². The number of anilines is 1. The van der Waals surface area contributed by atoms with Gasteiger partial charge in [-0.3, -0.25) is 10.3 Å². The summed E-state index contributed by atoms with van der Waals surface area (Å²) in [7, 11) is 0. The van der Waals surface area contributed by atoms with Gasteiger partial charge in [-0.15, -0.1) is 0 Å². The van der Waals surface area contributed by atoms with E-state index >= 15 is 0 Å². The second kappa shape index (κ2) is 6.99. The average Bonchev–Trinajstić information content (AvgIpc) is 3.00. The van der Waals surface area contributed by atoms with Crippen molar-refractivity contribution in [2.75, 3.05) is 11.9 Å². The number of fused-ring (bicyclic) bond motifs is 3. The highest BCUT2D eigenvalue weighted by atomic mass is 16.5. The monoisotopic (exact) mass is 377 g/mol. The summed E-state index contributed by atoms with van der Waals surface area (Å²) in [5, 5.41) is 11.4. The minimum absolute atomic E-state index is 0.0670. The lowest BCUT2D eigenvalue weighted by Gasteiger charge is -2.15. The summed E-state index contributed by atoms with van der Waals surface area (Å²) in [6.45, 7) is 0.0670. The second-order valence-electron chi connectivity index (χ2n) is 6.23. The molecule has 4 rings (SSSR count). The number of rotatable bonds is 4. The molecule has 140 valence electrons. The highest BCUT2D eigenvalue weighted by molar-refractivity contribution is 5.97. The lowest BCUT2D eigenvalue weighted by molar-refractivity contribution is 0.0697. The smallest absolute Gasteiger partial charge is 0.412 e. The molecule has 1 amide bonds. The molecule has 8 heteroatoms. The summed E-state index contributed by atoms with van der Waals surface area (Å²) in [4.78, 5) is 40.3. The highest BCUT2D eigenvalue weighted by Gasteiger charge is 2.29. The lowest BCUT2D eigenvalue weighted by Crippen LogP contribution is -2.23. The van der Waals surface area contributed by atoms with Crippen LogP contribution in [-0.4, -0.2) is 33.7 Å². The maximum Gasteiger partial charge on any atom is 0.412 e. The van der Waals surface area contributed by atoms with Crippen molar-refractivity contribution < 1.29 is 19.4 Å². The van der Waals surface area contributed by atoms with E-state index in [9.17, 15) is 14.4 Å². The van der Waals surface area contributed by atoms with E-state index in [2.05, 4.69) is 15.3 Å². The molecule has 3 N–H and O–H groups in total.